The Hall–Kier alpha value is -3.73. The number of piperazine rings is 1. The lowest BCUT2D eigenvalue weighted by Crippen LogP contribution is -2.46. The third kappa shape index (κ3) is 6.04. The molecule has 5 rings (SSSR count). The van der Waals surface area contributed by atoms with Crippen LogP contribution in [0.2, 0.25) is 0 Å². The Labute approximate surface area is 221 Å². The minimum absolute atomic E-state index is 0.131. The number of rotatable bonds is 10. The molecule has 38 heavy (non-hydrogen) atoms. The second-order valence-electron chi connectivity index (χ2n) is 9.79. The first kappa shape index (κ1) is 25.9. The van der Waals surface area contributed by atoms with Gasteiger partial charge in [-0.1, -0.05) is 12.1 Å². The van der Waals surface area contributed by atoms with Gasteiger partial charge in [0.15, 0.2) is 5.82 Å². The van der Waals surface area contributed by atoms with Gasteiger partial charge in [-0.3, -0.25) is 14.4 Å². The molecule has 1 saturated heterocycles. The van der Waals surface area contributed by atoms with Crippen LogP contribution in [0.25, 0.3) is 5.69 Å². The second-order valence-corrected chi connectivity index (χ2v) is 9.79. The SMILES string of the molecule is N/C=C\N(N)c1ccc(-n2cc(CCCN[C@@H]3C[C@H]3c3ccc(F)cc3)nc(N3CCNCC3)c2=O)cc1. The van der Waals surface area contributed by atoms with E-state index in [2.05, 4.69) is 15.5 Å². The molecule has 2 heterocycles. The maximum absolute atomic E-state index is 13.5. The van der Waals surface area contributed by atoms with Crippen molar-refractivity contribution in [3.63, 3.8) is 0 Å². The van der Waals surface area contributed by atoms with Crippen LogP contribution in [0.15, 0.2) is 71.9 Å². The number of hydrogen-bond donors (Lipinski definition) is 4. The topological polar surface area (TPSA) is 117 Å². The van der Waals surface area contributed by atoms with Gasteiger partial charge in [0.1, 0.15) is 5.82 Å². The molecular formula is C28H35FN8O. The lowest BCUT2D eigenvalue weighted by molar-refractivity contribution is 0.579. The molecule has 2 aliphatic rings. The number of nitrogens with zero attached hydrogens (tertiary/aromatic N) is 4. The smallest absolute Gasteiger partial charge is 0.298 e. The van der Waals surface area contributed by atoms with E-state index in [9.17, 15) is 9.18 Å². The molecule has 0 bridgehead atoms. The van der Waals surface area contributed by atoms with Gasteiger partial charge in [0.2, 0.25) is 0 Å². The average molecular weight is 519 g/mol. The summed E-state index contributed by atoms with van der Waals surface area (Å²) in [6, 6.07) is 14.7. The third-order valence-corrected chi connectivity index (χ3v) is 7.13. The van der Waals surface area contributed by atoms with Gasteiger partial charge in [-0.2, -0.15) is 0 Å². The molecule has 1 saturated carbocycles. The molecular weight excluding hydrogens is 483 g/mol. The summed E-state index contributed by atoms with van der Waals surface area (Å²) in [6.07, 6.45) is 7.49. The standard InChI is InChI=1S/C28H35FN8O/c29-21-5-3-20(4-6-21)25-18-26(25)33-12-1-2-22-19-36(23-7-9-24(10-8-23)37(31)15-11-30)28(38)27(34-22)35-16-13-32-14-17-35/h3-11,15,19,25-26,32-33H,1-2,12-14,16-18,30-31H2/b15-11-/t25-,26+/m0/s1. The van der Waals surface area contributed by atoms with E-state index in [0.29, 0.717) is 17.8 Å². The molecule has 0 spiro atoms. The number of anilines is 2. The molecule has 0 radical (unpaired) electrons. The summed E-state index contributed by atoms with van der Waals surface area (Å²) < 4.78 is 14.9. The van der Waals surface area contributed by atoms with Gasteiger partial charge < -0.3 is 21.3 Å². The first-order valence-corrected chi connectivity index (χ1v) is 13.1. The molecule has 2 atom stereocenters. The van der Waals surface area contributed by atoms with Crippen molar-refractivity contribution in [1.82, 2.24) is 20.2 Å². The van der Waals surface area contributed by atoms with Crippen molar-refractivity contribution in [2.75, 3.05) is 42.6 Å². The molecule has 9 nitrogen and oxygen atoms in total. The van der Waals surface area contributed by atoms with Crippen molar-refractivity contribution >= 4 is 11.5 Å². The maximum Gasteiger partial charge on any atom is 0.298 e. The number of benzene rings is 2. The van der Waals surface area contributed by atoms with E-state index < -0.39 is 0 Å². The number of nitrogens with one attached hydrogen (secondary N) is 2. The number of hydrazine groups is 1. The van der Waals surface area contributed by atoms with Crippen LogP contribution < -0.4 is 37.7 Å². The molecule has 1 aromatic heterocycles. The molecule has 0 unspecified atom stereocenters. The van der Waals surface area contributed by atoms with E-state index >= 15 is 0 Å². The van der Waals surface area contributed by atoms with E-state index in [0.717, 1.165) is 69.1 Å². The highest BCUT2D eigenvalue weighted by Crippen LogP contribution is 2.40. The summed E-state index contributed by atoms with van der Waals surface area (Å²) in [5.41, 5.74) is 8.87. The van der Waals surface area contributed by atoms with Crippen LogP contribution in [-0.2, 0) is 6.42 Å². The van der Waals surface area contributed by atoms with Gasteiger partial charge in [0.05, 0.1) is 11.4 Å². The fourth-order valence-electron chi connectivity index (χ4n) is 4.94. The van der Waals surface area contributed by atoms with Crippen LogP contribution in [0.1, 0.15) is 30.0 Å². The van der Waals surface area contributed by atoms with E-state index in [4.69, 9.17) is 16.6 Å². The minimum Gasteiger partial charge on any atom is -0.403 e. The summed E-state index contributed by atoms with van der Waals surface area (Å²) in [5.74, 6) is 6.70. The Kier molecular flexibility index (Phi) is 8.02. The summed E-state index contributed by atoms with van der Waals surface area (Å²) in [6.45, 7) is 3.98. The zero-order chi connectivity index (χ0) is 26.5. The quantitative estimate of drug-likeness (QED) is 0.183. The molecule has 2 aromatic carbocycles. The second kappa shape index (κ2) is 11.8. The normalized spacial score (nSPS) is 19.2. The Morgan fingerprint density at radius 3 is 2.58 bits per heavy atom. The van der Waals surface area contributed by atoms with Crippen molar-refractivity contribution in [2.45, 2.75) is 31.2 Å². The van der Waals surface area contributed by atoms with Gasteiger partial charge in [-0.15, -0.1) is 0 Å². The summed E-state index contributed by atoms with van der Waals surface area (Å²) in [7, 11) is 0. The predicted octanol–water partition coefficient (Wildman–Crippen LogP) is 1.97. The summed E-state index contributed by atoms with van der Waals surface area (Å²) in [4.78, 5) is 20.4. The van der Waals surface area contributed by atoms with Crippen LogP contribution in [0.4, 0.5) is 15.9 Å². The fourth-order valence-corrected chi connectivity index (χ4v) is 4.94. The number of hydrogen-bond acceptors (Lipinski definition) is 8. The average Bonchev–Trinajstić information content (AvgIpc) is 3.72. The highest BCUT2D eigenvalue weighted by Gasteiger charge is 2.37. The van der Waals surface area contributed by atoms with E-state index in [-0.39, 0.29) is 11.4 Å². The monoisotopic (exact) mass is 518 g/mol. The first-order valence-electron chi connectivity index (χ1n) is 13.1. The van der Waals surface area contributed by atoms with Gasteiger partial charge in [0.25, 0.3) is 5.56 Å². The minimum atomic E-state index is -0.200. The molecule has 0 amide bonds. The summed E-state index contributed by atoms with van der Waals surface area (Å²) >= 11 is 0. The molecule has 2 fully saturated rings. The molecule has 3 aromatic rings. The van der Waals surface area contributed by atoms with Crippen LogP contribution in [0.5, 0.6) is 0 Å². The van der Waals surface area contributed by atoms with Crippen LogP contribution in [0, 0.1) is 5.82 Å². The zero-order valence-corrected chi connectivity index (χ0v) is 21.4. The molecule has 1 aliphatic carbocycles. The van der Waals surface area contributed by atoms with Crippen molar-refractivity contribution in [2.24, 2.45) is 11.6 Å². The van der Waals surface area contributed by atoms with E-state index in [1.54, 1.807) is 10.8 Å². The van der Waals surface area contributed by atoms with Crippen LogP contribution >= 0.6 is 0 Å². The fraction of sp³-hybridized carbons (Fsp3) is 0.357. The van der Waals surface area contributed by atoms with Crippen LogP contribution in [0.3, 0.4) is 0 Å². The van der Waals surface area contributed by atoms with Crippen LogP contribution in [-0.4, -0.2) is 48.3 Å². The third-order valence-electron chi connectivity index (χ3n) is 7.13. The number of nitrogens with two attached hydrogens (primary N) is 2. The molecule has 6 N–H and O–H groups in total. The zero-order valence-electron chi connectivity index (χ0n) is 21.4. The largest absolute Gasteiger partial charge is 0.403 e. The van der Waals surface area contributed by atoms with Crippen molar-refractivity contribution < 1.29 is 4.39 Å². The van der Waals surface area contributed by atoms with Crippen molar-refractivity contribution in [1.29, 1.82) is 0 Å². The van der Waals surface area contributed by atoms with Crippen molar-refractivity contribution in [3.8, 4) is 5.69 Å². The molecule has 1 aliphatic heterocycles. The lowest BCUT2D eigenvalue weighted by atomic mass is 10.1. The maximum atomic E-state index is 13.5. The Balaban J connectivity index is 1.28. The highest BCUT2D eigenvalue weighted by molar-refractivity contribution is 5.52. The molecule has 10 heteroatoms. The van der Waals surface area contributed by atoms with Gasteiger partial charge in [-0.05, 0) is 67.8 Å². The van der Waals surface area contributed by atoms with Crippen molar-refractivity contribution in [3.05, 3.63) is 94.6 Å². The Bertz CT molecular complexity index is 1300. The van der Waals surface area contributed by atoms with E-state index in [1.165, 1.54) is 28.9 Å². The lowest BCUT2D eigenvalue weighted by Gasteiger charge is -2.28. The molecule has 200 valence electrons. The Morgan fingerprint density at radius 1 is 1.13 bits per heavy atom. The highest BCUT2D eigenvalue weighted by atomic mass is 19.1. The number of halogens is 1. The summed E-state index contributed by atoms with van der Waals surface area (Å²) in [5, 5.41) is 8.37. The number of aryl methyl sites for hydroxylation is 1. The van der Waals surface area contributed by atoms with Gasteiger partial charge in [-0.25, -0.2) is 15.2 Å². The number of aromatic nitrogens is 2. The Morgan fingerprint density at radius 2 is 1.87 bits per heavy atom. The van der Waals surface area contributed by atoms with Gasteiger partial charge >= 0.3 is 0 Å². The van der Waals surface area contributed by atoms with Gasteiger partial charge in [0, 0.05) is 62.4 Å². The first-order chi connectivity index (χ1) is 18.5. The predicted molar refractivity (Wildman–Crippen MR) is 149 cm³/mol. The van der Waals surface area contributed by atoms with E-state index in [1.807, 2.05) is 42.6 Å².